The Kier molecular flexibility index (Phi) is 2.26. The third-order valence-electron chi connectivity index (χ3n) is 2.55. The molecule has 4 heteroatoms. The van der Waals surface area contributed by atoms with Gasteiger partial charge in [-0.3, -0.25) is 0 Å². The van der Waals surface area contributed by atoms with Crippen LogP contribution in [0.15, 0.2) is 6.20 Å². The maximum Gasteiger partial charge on any atom is 0.177 e. The van der Waals surface area contributed by atoms with E-state index in [2.05, 4.69) is 23.4 Å². The predicted molar refractivity (Wildman–Crippen MR) is 53.4 cm³/mol. The van der Waals surface area contributed by atoms with E-state index in [9.17, 15) is 0 Å². The summed E-state index contributed by atoms with van der Waals surface area (Å²) in [4.78, 5) is 3.05. The summed E-state index contributed by atoms with van der Waals surface area (Å²) < 4.78 is 8.48. The highest BCUT2D eigenvalue weighted by Crippen LogP contribution is 2.25. The van der Waals surface area contributed by atoms with Crippen LogP contribution in [0.5, 0.6) is 0 Å². The van der Waals surface area contributed by atoms with Gasteiger partial charge in [-0.05, 0) is 32.5 Å². The molecule has 0 bridgehead atoms. The second-order valence-corrected chi connectivity index (χ2v) is 4.03. The monoisotopic (exact) mass is 198 g/mol. The molecule has 3 nitrogen and oxygen atoms in total. The Hall–Kier alpha value is -0.610. The summed E-state index contributed by atoms with van der Waals surface area (Å²) >= 11 is 5.20. The molecular weight excluding hydrogens is 184 g/mol. The minimum atomic E-state index is 0.362. The second kappa shape index (κ2) is 3.27. The summed E-state index contributed by atoms with van der Waals surface area (Å²) in [6.45, 7) is 4.95. The van der Waals surface area contributed by atoms with Crippen molar-refractivity contribution in [3.63, 3.8) is 0 Å². The van der Waals surface area contributed by atoms with Crippen LogP contribution in [0.1, 0.15) is 25.1 Å². The van der Waals surface area contributed by atoms with Gasteiger partial charge in [-0.1, -0.05) is 0 Å². The van der Waals surface area contributed by atoms with Crippen LogP contribution in [0, 0.1) is 11.7 Å². The van der Waals surface area contributed by atoms with Crippen molar-refractivity contribution >= 4 is 12.2 Å². The molecule has 0 aliphatic carbocycles. The average Bonchev–Trinajstić information content (AvgIpc) is 2.60. The van der Waals surface area contributed by atoms with E-state index in [1.807, 2.05) is 6.20 Å². The Morgan fingerprint density at radius 2 is 2.46 bits per heavy atom. The van der Waals surface area contributed by atoms with Crippen LogP contribution in [0.3, 0.4) is 0 Å². The quantitative estimate of drug-likeness (QED) is 0.701. The zero-order chi connectivity index (χ0) is 9.42. The van der Waals surface area contributed by atoms with Crippen molar-refractivity contribution < 1.29 is 4.74 Å². The van der Waals surface area contributed by atoms with Crippen LogP contribution in [-0.4, -0.2) is 22.3 Å². The highest BCUT2D eigenvalue weighted by atomic mass is 32.1. The maximum atomic E-state index is 5.52. The second-order valence-electron chi connectivity index (χ2n) is 3.64. The lowest BCUT2D eigenvalue weighted by molar-refractivity contribution is 0.120. The van der Waals surface area contributed by atoms with Gasteiger partial charge < -0.3 is 14.3 Å². The zero-order valence-electron chi connectivity index (χ0n) is 7.91. The summed E-state index contributed by atoms with van der Waals surface area (Å²) in [5.41, 5.74) is 1.19. The van der Waals surface area contributed by atoms with Crippen LogP contribution in [0.4, 0.5) is 0 Å². The molecule has 1 saturated heterocycles. The van der Waals surface area contributed by atoms with E-state index in [4.69, 9.17) is 17.0 Å². The van der Waals surface area contributed by atoms with Gasteiger partial charge in [0.2, 0.25) is 0 Å². The normalized spacial score (nSPS) is 28.2. The molecule has 2 unspecified atom stereocenters. The molecule has 1 aromatic rings. The number of aromatic amines is 1. The molecule has 1 aromatic heterocycles. The Bertz CT molecular complexity index is 355. The Labute approximate surface area is 82.7 Å². The number of aromatic nitrogens is 2. The van der Waals surface area contributed by atoms with Gasteiger partial charge in [0.05, 0.1) is 18.8 Å². The van der Waals surface area contributed by atoms with Gasteiger partial charge >= 0.3 is 0 Å². The highest BCUT2D eigenvalue weighted by molar-refractivity contribution is 7.71. The van der Waals surface area contributed by atoms with Crippen molar-refractivity contribution in [2.24, 2.45) is 0 Å². The number of rotatable bonds is 1. The Morgan fingerprint density at radius 3 is 2.92 bits per heavy atom. The van der Waals surface area contributed by atoms with Gasteiger partial charge in [0.15, 0.2) is 4.77 Å². The lowest BCUT2D eigenvalue weighted by atomic mass is 10.2. The van der Waals surface area contributed by atoms with Crippen molar-refractivity contribution in [1.29, 1.82) is 0 Å². The van der Waals surface area contributed by atoms with Crippen LogP contribution in [-0.2, 0) is 4.74 Å². The van der Waals surface area contributed by atoms with E-state index >= 15 is 0 Å². The fraction of sp³-hybridized carbons (Fsp3) is 0.667. The smallest absolute Gasteiger partial charge is 0.177 e. The van der Waals surface area contributed by atoms with Gasteiger partial charge in [-0.2, -0.15) is 0 Å². The van der Waals surface area contributed by atoms with Crippen LogP contribution in [0.2, 0.25) is 0 Å². The van der Waals surface area contributed by atoms with Crippen molar-refractivity contribution in [3.8, 4) is 0 Å². The molecule has 0 amide bonds. The molecule has 0 radical (unpaired) electrons. The average molecular weight is 198 g/mol. The minimum Gasteiger partial charge on any atom is -0.376 e. The van der Waals surface area contributed by atoms with Crippen molar-refractivity contribution in [3.05, 3.63) is 16.7 Å². The van der Waals surface area contributed by atoms with Crippen molar-refractivity contribution in [1.82, 2.24) is 9.55 Å². The number of hydrogen-bond acceptors (Lipinski definition) is 2. The lowest BCUT2D eigenvalue weighted by Gasteiger charge is -2.11. The number of ether oxygens (including phenoxy) is 1. The number of hydrogen-bond donors (Lipinski definition) is 1. The Balaban J connectivity index is 2.30. The molecule has 1 fully saturated rings. The topological polar surface area (TPSA) is 29.9 Å². The summed E-state index contributed by atoms with van der Waals surface area (Å²) in [5.74, 6) is 0. The van der Waals surface area contributed by atoms with E-state index < -0.39 is 0 Å². The molecule has 2 rings (SSSR count). The van der Waals surface area contributed by atoms with Gasteiger partial charge in [0.25, 0.3) is 0 Å². The largest absolute Gasteiger partial charge is 0.376 e. The highest BCUT2D eigenvalue weighted by Gasteiger charge is 2.24. The maximum absolute atomic E-state index is 5.52. The summed E-state index contributed by atoms with van der Waals surface area (Å²) in [7, 11) is 0. The predicted octanol–water partition coefficient (Wildman–Crippen LogP) is 2.20. The number of nitrogens with zero attached hydrogens (tertiary/aromatic N) is 1. The third-order valence-corrected chi connectivity index (χ3v) is 2.86. The zero-order valence-corrected chi connectivity index (χ0v) is 8.73. The first kappa shape index (κ1) is 8.97. The molecule has 72 valence electrons. The van der Waals surface area contributed by atoms with Crippen LogP contribution >= 0.6 is 12.2 Å². The summed E-state index contributed by atoms with van der Waals surface area (Å²) in [6.07, 6.45) is 3.37. The molecule has 1 aliphatic rings. The standard InChI is InChI=1S/C9H14N2OS/c1-6-4-10-9(13)11(6)8-3-7(2)12-5-8/h4,7-8H,3,5H2,1-2H3,(H,10,13). The van der Waals surface area contributed by atoms with Gasteiger partial charge in [-0.15, -0.1) is 0 Å². The molecule has 1 N–H and O–H groups in total. The lowest BCUT2D eigenvalue weighted by Crippen LogP contribution is -2.10. The number of H-pyrrole nitrogens is 1. The van der Waals surface area contributed by atoms with Crippen molar-refractivity contribution in [2.45, 2.75) is 32.4 Å². The van der Waals surface area contributed by atoms with E-state index in [0.717, 1.165) is 17.8 Å². The van der Waals surface area contributed by atoms with E-state index in [0.29, 0.717) is 12.1 Å². The first-order valence-corrected chi connectivity index (χ1v) is 4.97. The fourth-order valence-corrected chi connectivity index (χ4v) is 2.25. The molecule has 2 atom stereocenters. The molecule has 2 heterocycles. The first-order chi connectivity index (χ1) is 6.18. The molecule has 13 heavy (non-hydrogen) atoms. The van der Waals surface area contributed by atoms with Gasteiger partial charge in [0, 0.05) is 11.9 Å². The number of imidazole rings is 1. The van der Waals surface area contributed by atoms with E-state index in [1.165, 1.54) is 5.69 Å². The molecule has 0 saturated carbocycles. The summed E-state index contributed by atoms with van der Waals surface area (Å²) in [6, 6.07) is 0.425. The summed E-state index contributed by atoms with van der Waals surface area (Å²) in [5, 5.41) is 0. The van der Waals surface area contributed by atoms with Gasteiger partial charge in [-0.25, -0.2) is 0 Å². The molecule has 1 aliphatic heterocycles. The van der Waals surface area contributed by atoms with Crippen LogP contribution in [0.25, 0.3) is 0 Å². The Morgan fingerprint density at radius 1 is 1.69 bits per heavy atom. The molecule has 0 spiro atoms. The fourth-order valence-electron chi connectivity index (χ4n) is 1.89. The van der Waals surface area contributed by atoms with Gasteiger partial charge in [0.1, 0.15) is 0 Å². The van der Waals surface area contributed by atoms with E-state index in [1.54, 1.807) is 0 Å². The van der Waals surface area contributed by atoms with E-state index in [-0.39, 0.29) is 0 Å². The third kappa shape index (κ3) is 1.56. The minimum absolute atomic E-state index is 0.362. The first-order valence-electron chi connectivity index (χ1n) is 4.56. The van der Waals surface area contributed by atoms with Crippen molar-refractivity contribution in [2.75, 3.05) is 6.61 Å². The number of nitrogens with one attached hydrogen (secondary N) is 1. The van der Waals surface area contributed by atoms with Crippen LogP contribution < -0.4 is 0 Å². The number of aryl methyl sites for hydroxylation is 1. The molecule has 0 aromatic carbocycles. The SMILES string of the molecule is Cc1c[nH]c(=S)n1C1COC(C)C1. The molecular formula is C9H14N2OS.